The topological polar surface area (TPSA) is 64.0 Å². The van der Waals surface area contributed by atoms with Crippen molar-refractivity contribution in [3.63, 3.8) is 0 Å². The van der Waals surface area contributed by atoms with Gasteiger partial charge in [-0.05, 0) is 55.1 Å². The largest absolute Gasteiger partial charge is 0.391 e. The fourth-order valence-corrected chi connectivity index (χ4v) is 5.10. The zero-order valence-corrected chi connectivity index (χ0v) is 18.6. The van der Waals surface area contributed by atoms with Gasteiger partial charge in [0.25, 0.3) is 0 Å². The average Bonchev–Trinajstić information content (AvgIpc) is 3.72. The summed E-state index contributed by atoms with van der Waals surface area (Å²) in [6.45, 7) is 1.34. The number of aliphatic hydroxyl groups excluding tert-OH is 2. The van der Waals surface area contributed by atoms with Crippen molar-refractivity contribution < 1.29 is 15.0 Å². The van der Waals surface area contributed by atoms with Crippen LogP contribution < -0.4 is 0 Å². The molecule has 0 radical (unpaired) electrons. The molecule has 2 aliphatic carbocycles. The SMILES string of the molecule is O=C1N(CC2CC2)[C@H](Cc2ccccc2)[C@@H](O)[C@@H](C(O)Cc2ccccc2)N1CC1CC1. The van der Waals surface area contributed by atoms with Crippen LogP contribution in [-0.4, -0.2) is 63.4 Å². The maximum atomic E-state index is 13.8. The van der Waals surface area contributed by atoms with E-state index >= 15 is 0 Å². The molecule has 3 fully saturated rings. The van der Waals surface area contributed by atoms with Gasteiger partial charge in [-0.15, -0.1) is 0 Å². The zero-order chi connectivity index (χ0) is 22.1. The summed E-state index contributed by atoms with van der Waals surface area (Å²) in [5.74, 6) is 1.03. The number of carbonyl (C=O) groups is 1. The van der Waals surface area contributed by atoms with Crippen LogP contribution in [0.2, 0.25) is 0 Å². The molecule has 2 N–H and O–H groups in total. The summed E-state index contributed by atoms with van der Waals surface area (Å²) in [6.07, 6.45) is 3.97. The standard InChI is InChI=1S/C27H34N2O3/c30-24(16-20-9-5-2-6-10-20)25-26(31)23(15-19-7-3-1-4-8-19)28(17-21-11-12-21)27(32)29(25)18-22-13-14-22/h1-10,21-26,30-31H,11-18H2/t23-,24?,25-,26-/m1/s1. The third-order valence-corrected chi connectivity index (χ3v) is 7.27. The molecule has 1 saturated heterocycles. The molecule has 5 heteroatoms. The van der Waals surface area contributed by atoms with Gasteiger partial charge in [-0.3, -0.25) is 0 Å². The highest BCUT2D eigenvalue weighted by atomic mass is 16.3. The van der Waals surface area contributed by atoms with Gasteiger partial charge in [-0.25, -0.2) is 4.79 Å². The quantitative estimate of drug-likeness (QED) is 0.635. The van der Waals surface area contributed by atoms with Crippen molar-refractivity contribution in [2.45, 2.75) is 62.8 Å². The highest BCUT2D eigenvalue weighted by molar-refractivity contribution is 5.77. The van der Waals surface area contributed by atoms with E-state index in [9.17, 15) is 15.0 Å². The highest BCUT2D eigenvalue weighted by Crippen LogP contribution is 2.37. The van der Waals surface area contributed by atoms with E-state index in [-0.39, 0.29) is 12.1 Å². The first-order valence-electron chi connectivity index (χ1n) is 12.1. The first kappa shape index (κ1) is 21.5. The molecule has 2 aromatic rings. The first-order chi connectivity index (χ1) is 15.6. The van der Waals surface area contributed by atoms with Crippen LogP contribution in [0.15, 0.2) is 60.7 Å². The molecule has 4 atom stereocenters. The van der Waals surface area contributed by atoms with Crippen LogP contribution in [0.25, 0.3) is 0 Å². The van der Waals surface area contributed by atoms with E-state index in [4.69, 9.17) is 0 Å². The third kappa shape index (κ3) is 4.84. The van der Waals surface area contributed by atoms with Gasteiger partial charge in [0.1, 0.15) is 0 Å². The number of rotatable bonds is 9. The number of carbonyl (C=O) groups excluding carboxylic acids is 1. The first-order valence-corrected chi connectivity index (χ1v) is 12.1. The second kappa shape index (κ2) is 9.24. The van der Waals surface area contributed by atoms with Crippen LogP contribution in [0.4, 0.5) is 4.79 Å². The van der Waals surface area contributed by atoms with Gasteiger partial charge < -0.3 is 20.0 Å². The van der Waals surface area contributed by atoms with Gasteiger partial charge in [0.05, 0.1) is 24.3 Å². The molecule has 1 unspecified atom stereocenters. The summed E-state index contributed by atoms with van der Waals surface area (Å²) in [6, 6.07) is 19.0. The summed E-state index contributed by atoms with van der Waals surface area (Å²) in [5, 5.41) is 23.0. The lowest BCUT2D eigenvalue weighted by atomic mass is 9.86. The summed E-state index contributed by atoms with van der Waals surface area (Å²) in [5.41, 5.74) is 2.13. The smallest absolute Gasteiger partial charge is 0.320 e. The van der Waals surface area contributed by atoms with Gasteiger partial charge in [0, 0.05) is 19.5 Å². The van der Waals surface area contributed by atoms with Crippen LogP contribution >= 0.6 is 0 Å². The summed E-state index contributed by atoms with van der Waals surface area (Å²) in [4.78, 5) is 17.5. The van der Waals surface area contributed by atoms with Crippen molar-refractivity contribution in [1.82, 2.24) is 9.80 Å². The predicted octanol–water partition coefficient (Wildman–Crippen LogP) is 3.49. The van der Waals surface area contributed by atoms with Gasteiger partial charge in [0.15, 0.2) is 0 Å². The van der Waals surface area contributed by atoms with Crippen LogP contribution in [0.5, 0.6) is 0 Å². The summed E-state index contributed by atoms with van der Waals surface area (Å²) in [7, 11) is 0. The molecule has 3 aliphatic rings. The van der Waals surface area contributed by atoms with Crippen LogP contribution in [0.1, 0.15) is 36.8 Å². The number of urea groups is 1. The lowest BCUT2D eigenvalue weighted by Crippen LogP contribution is -2.70. The van der Waals surface area contributed by atoms with Gasteiger partial charge in [0.2, 0.25) is 0 Å². The Morgan fingerprint density at radius 3 is 1.91 bits per heavy atom. The monoisotopic (exact) mass is 434 g/mol. The Labute approximate surface area is 190 Å². The predicted molar refractivity (Wildman–Crippen MR) is 124 cm³/mol. The average molecular weight is 435 g/mol. The van der Waals surface area contributed by atoms with E-state index in [1.54, 1.807) is 4.90 Å². The van der Waals surface area contributed by atoms with Crippen LogP contribution in [-0.2, 0) is 12.8 Å². The Hall–Kier alpha value is -2.37. The maximum absolute atomic E-state index is 13.8. The fraction of sp³-hybridized carbons (Fsp3) is 0.519. The van der Waals surface area contributed by atoms with E-state index in [0.29, 0.717) is 37.8 Å². The number of amides is 2. The van der Waals surface area contributed by atoms with Crippen LogP contribution in [0, 0.1) is 11.8 Å². The summed E-state index contributed by atoms with van der Waals surface area (Å²) >= 11 is 0. The van der Waals surface area contributed by atoms with Crippen molar-refractivity contribution in [1.29, 1.82) is 0 Å². The normalized spacial score (nSPS) is 26.9. The second-order valence-corrected chi connectivity index (χ2v) is 9.97. The molecule has 1 heterocycles. The Balaban J connectivity index is 1.44. The molecule has 2 amide bonds. The zero-order valence-electron chi connectivity index (χ0n) is 18.6. The number of hydrogen-bond donors (Lipinski definition) is 2. The number of benzene rings is 2. The third-order valence-electron chi connectivity index (χ3n) is 7.27. The summed E-state index contributed by atoms with van der Waals surface area (Å²) < 4.78 is 0. The molecule has 1 aliphatic heterocycles. The number of nitrogens with zero attached hydrogens (tertiary/aromatic N) is 2. The number of hydrogen-bond acceptors (Lipinski definition) is 3. The van der Waals surface area contributed by atoms with Gasteiger partial charge >= 0.3 is 6.03 Å². The van der Waals surface area contributed by atoms with E-state index in [2.05, 4.69) is 12.1 Å². The van der Waals surface area contributed by atoms with Crippen LogP contribution in [0.3, 0.4) is 0 Å². The van der Waals surface area contributed by atoms with Crippen molar-refractivity contribution in [3.05, 3.63) is 71.8 Å². The number of aliphatic hydroxyl groups is 2. The van der Waals surface area contributed by atoms with Crippen molar-refractivity contribution in [3.8, 4) is 0 Å². The molecule has 5 nitrogen and oxygen atoms in total. The van der Waals surface area contributed by atoms with E-state index in [1.165, 1.54) is 0 Å². The Bertz CT molecular complexity index is 898. The molecule has 32 heavy (non-hydrogen) atoms. The minimum absolute atomic E-state index is 0.00728. The molecule has 2 saturated carbocycles. The Kier molecular flexibility index (Phi) is 6.20. The molecule has 2 aromatic carbocycles. The van der Waals surface area contributed by atoms with Gasteiger partial charge in [-0.1, -0.05) is 60.7 Å². The second-order valence-electron chi connectivity index (χ2n) is 9.97. The Morgan fingerprint density at radius 2 is 1.34 bits per heavy atom. The molecular weight excluding hydrogens is 400 g/mol. The van der Waals surface area contributed by atoms with E-state index in [0.717, 1.165) is 36.8 Å². The molecule has 5 rings (SSSR count). The molecular formula is C27H34N2O3. The van der Waals surface area contributed by atoms with Crippen molar-refractivity contribution in [2.75, 3.05) is 13.1 Å². The molecule has 0 aromatic heterocycles. The minimum Gasteiger partial charge on any atom is -0.391 e. The highest BCUT2D eigenvalue weighted by Gasteiger charge is 2.50. The maximum Gasteiger partial charge on any atom is 0.320 e. The van der Waals surface area contributed by atoms with Crippen molar-refractivity contribution in [2.24, 2.45) is 11.8 Å². The Morgan fingerprint density at radius 1 is 0.812 bits per heavy atom. The minimum atomic E-state index is -0.809. The van der Waals surface area contributed by atoms with E-state index in [1.807, 2.05) is 53.4 Å². The van der Waals surface area contributed by atoms with E-state index < -0.39 is 18.2 Å². The lowest BCUT2D eigenvalue weighted by molar-refractivity contribution is -0.0808. The molecule has 0 spiro atoms. The fourth-order valence-electron chi connectivity index (χ4n) is 5.10. The van der Waals surface area contributed by atoms with Crippen molar-refractivity contribution >= 4 is 6.03 Å². The lowest BCUT2D eigenvalue weighted by Gasteiger charge is -2.51. The molecule has 170 valence electrons. The molecule has 0 bridgehead atoms. The van der Waals surface area contributed by atoms with Gasteiger partial charge in [-0.2, -0.15) is 0 Å².